The van der Waals surface area contributed by atoms with Gasteiger partial charge in [-0.05, 0) is 203 Å². The molecule has 0 radical (unpaired) electrons. The van der Waals surface area contributed by atoms with Crippen LogP contribution >= 0.6 is 22.6 Å². The maximum Gasteiger partial charge on any atom is 0.420 e. The maximum atomic E-state index is 14.0. The molecular weight excluding hydrogens is 1080 g/mol. The smallest absolute Gasteiger partial charge is 0.420 e. The summed E-state index contributed by atoms with van der Waals surface area (Å²) >= 11 is 1.80. The lowest BCUT2D eigenvalue weighted by molar-refractivity contribution is -0.139. The zero-order valence-corrected chi connectivity index (χ0v) is 44.3. The lowest BCUT2D eigenvalue weighted by Crippen LogP contribution is -2.43. The number of carboxylic acids is 1. The van der Waals surface area contributed by atoms with Gasteiger partial charge >= 0.3 is 24.3 Å². The third-order valence-electron chi connectivity index (χ3n) is 13.3. The van der Waals surface area contributed by atoms with E-state index in [1.165, 1.54) is 85.1 Å². The highest BCUT2D eigenvalue weighted by molar-refractivity contribution is 14.1. The number of halogens is 7. The molecule has 0 aliphatic heterocycles. The number of rotatable bonds is 13. The van der Waals surface area contributed by atoms with E-state index in [0.29, 0.717) is 32.2 Å². The van der Waals surface area contributed by atoms with Crippen molar-refractivity contribution in [2.24, 2.45) is 23.7 Å². The Morgan fingerprint density at radius 3 is 1.46 bits per heavy atom. The molecule has 2 aliphatic carbocycles. The van der Waals surface area contributed by atoms with Gasteiger partial charge in [-0.3, -0.25) is 14.6 Å². The van der Waals surface area contributed by atoms with E-state index in [9.17, 15) is 50.6 Å². The van der Waals surface area contributed by atoms with Crippen molar-refractivity contribution in [3.05, 3.63) is 123 Å². The van der Waals surface area contributed by atoms with Crippen LogP contribution in [0.5, 0.6) is 23.0 Å². The SMILES string of the molecule is CC1CCC(C(=O)N(c2ccc(Oc3ccc(-c4ccncc4)cc3C(F)(F)F)cc2C(=O)O)C(C)C)CC1.COC(=O)c1cc(Oc2ccc(I)cc2C(F)(F)F)ccc1N(C(=O)C1CCC(C)CC1)C(C)C. The summed E-state index contributed by atoms with van der Waals surface area (Å²) in [5.74, 6) is -2.33. The van der Waals surface area contributed by atoms with Gasteiger partial charge in [0.05, 0.1) is 40.7 Å². The average molecular weight is 1140 g/mol. The summed E-state index contributed by atoms with van der Waals surface area (Å²) in [6.45, 7) is 11.6. The number of carboxylic acid groups (broad SMARTS) is 1. The number of anilines is 2. The quantitative estimate of drug-likeness (QED) is 0.0694. The van der Waals surface area contributed by atoms with E-state index in [-0.39, 0.29) is 69.8 Å². The lowest BCUT2D eigenvalue weighted by atomic mass is 9.82. The Hall–Kier alpha value is -6.18. The van der Waals surface area contributed by atoms with E-state index in [2.05, 4.69) is 18.8 Å². The molecule has 7 rings (SSSR count). The number of aromatic nitrogens is 1. The maximum absolute atomic E-state index is 14.0. The Kier molecular flexibility index (Phi) is 18.9. The van der Waals surface area contributed by atoms with Crippen molar-refractivity contribution in [1.29, 1.82) is 0 Å². The van der Waals surface area contributed by atoms with Crippen molar-refractivity contribution < 1.29 is 64.8 Å². The molecule has 1 aromatic heterocycles. The molecule has 2 aliphatic rings. The molecule has 0 bridgehead atoms. The number of alkyl halides is 6. The number of hydrogen-bond donors (Lipinski definition) is 1. The first-order valence-corrected chi connectivity index (χ1v) is 25.6. The zero-order valence-electron chi connectivity index (χ0n) is 42.2. The molecule has 0 saturated heterocycles. The van der Waals surface area contributed by atoms with Gasteiger partial charge in [0.2, 0.25) is 11.8 Å². The Labute approximate surface area is 440 Å². The van der Waals surface area contributed by atoms with Gasteiger partial charge in [-0.1, -0.05) is 19.9 Å². The molecule has 0 atom stereocenters. The number of nitrogens with zero attached hydrogens (tertiary/aromatic N) is 3. The molecule has 4 aromatic carbocycles. The Bertz CT molecular complexity index is 2790. The van der Waals surface area contributed by atoms with Crippen molar-refractivity contribution in [3.63, 3.8) is 0 Å². The molecule has 2 fully saturated rings. The highest BCUT2D eigenvalue weighted by Gasteiger charge is 2.38. The summed E-state index contributed by atoms with van der Waals surface area (Å²) in [7, 11) is 1.21. The number of carbonyl (C=O) groups excluding carboxylic acids is 3. The minimum Gasteiger partial charge on any atom is -0.478 e. The zero-order chi connectivity index (χ0) is 54.2. The van der Waals surface area contributed by atoms with Crippen LogP contribution in [-0.2, 0) is 26.7 Å². The first-order valence-electron chi connectivity index (χ1n) is 24.5. The van der Waals surface area contributed by atoms with Gasteiger partial charge in [-0.15, -0.1) is 0 Å². The van der Waals surface area contributed by atoms with E-state index < -0.39 is 41.2 Å². The normalized spacial score (nSPS) is 17.9. The van der Waals surface area contributed by atoms with E-state index in [0.717, 1.165) is 63.5 Å². The van der Waals surface area contributed by atoms with Crippen LogP contribution in [0.4, 0.5) is 37.7 Å². The summed E-state index contributed by atoms with van der Waals surface area (Å²) in [6, 6.07) is 18.4. The molecule has 0 unspecified atom stereocenters. The predicted molar refractivity (Wildman–Crippen MR) is 278 cm³/mol. The number of hydrogen-bond acceptors (Lipinski definition) is 8. The summed E-state index contributed by atoms with van der Waals surface area (Å²) in [5.41, 5.74) is -0.649. The summed E-state index contributed by atoms with van der Waals surface area (Å²) in [5, 5.41) is 9.98. The van der Waals surface area contributed by atoms with Gasteiger partial charge in [0.1, 0.15) is 23.0 Å². The van der Waals surface area contributed by atoms with Crippen molar-refractivity contribution in [2.75, 3.05) is 16.9 Å². The molecule has 1 heterocycles. The summed E-state index contributed by atoms with van der Waals surface area (Å²) in [4.78, 5) is 58.9. The lowest BCUT2D eigenvalue weighted by Gasteiger charge is -2.34. The molecule has 11 nitrogen and oxygen atoms in total. The number of ether oxygens (including phenoxy) is 3. The number of benzene rings is 4. The Balaban J connectivity index is 0.000000242. The molecule has 1 N–H and O–H groups in total. The second-order valence-corrected chi connectivity index (χ2v) is 20.7. The van der Waals surface area contributed by atoms with Crippen LogP contribution in [0, 0.1) is 27.2 Å². The highest BCUT2D eigenvalue weighted by atomic mass is 127. The number of amides is 2. The topological polar surface area (TPSA) is 136 Å². The fraction of sp³-hybridized carbons (Fsp3) is 0.411. The van der Waals surface area contributed by atoms with Crippen LogP contribution in [0.3, 0.4) is 0 Å². The number of carbonyl (C=O) groups is 4. The molecular formula is C56H60F6IN3O8. The van der Waals surface area contributed by atoms with E-state index in [1.807, 2.05) is 13.8 Å². The van der Waals surface area contributed by atoms with Gasteiger partial charge in [-0.2, -0.15) is 26.3 Å². The van der Waals surface area contributed by atoms with Crippen LogP contribution in [0.1, 0.15) is 125 Å². The van der Waals surface area contributed by atoms with Gasteiger partial charge < -0.3 is 29.1 Å². The number of pyridine rings is 1. The average Bonchev–Trinajstić information content (AvgIpc) is 3.35. The molecule has 396 valence electrons. The molecule has 5 aromatic rings. The summed E-state index contributed by atoms with van der Waals surface area (Å²) in [6.07, 6.45) is 0.495. The minimum atomic E-state index is -4.72. The number of aromatic carboxylic acids is 1. The first kappa shape index (κ1) is 57.1. The molecule has 2 saturated carbocycles. The fourth-order valence-corrected chi connectivity index (χ4v) is 9.85. The third-order valence-corrected chi connectivity index (χ3v) is 14.0. The monoisotopic (exact) mass is 1140 g/mol. The fourth-order valence-electron chi connectivity index (χ4n) is 9.36. The van der Waals surface area contributed by atoms with Crippen LogP contribution < -0.4 is 19.3 Å². The molecule has 0 spiro atoms. The molecule has 18 heteroatoms. The first-order chi connectivity index (χ1) is 34.9. The minimum absolute atomic E-state index is 0.0310. The van der Waals surface area contributed by atoms with Gasteiger partial charge in [0, 0.05) is 39.9 Å². The Morgan fingerprint density at radius 1 is 0.595 bits per heavy atom. The molecule has 2 amide bonds. The van der Waals surface area contributed by atoms with Crippen LogP contribution in [0.25, 0.3) is 11.1 Å². The predicted octanol–water partition coefficient (Wildman–Crippen LogP) is 15.3. The summed E-state index contributed by atoms with van der Waals surface area (Å²) < 4.78 is 99.1. The van der Waals surface area contributed by atoms with Gasteiger partial charge in [-0.25, -0.2) is 9.59 Å². The van der Waals surface area contributed by atoms with Crippen molar-refractivity contribution >= 4 is 57.7 Å². The van der Waals surface area contributed by atoms with E-state index >= 15 is 0 Å². The van der Waals surface area contributed by atoms with Gasteiger partial charge in [0.15, 0.2) is 0 Å². The number of methoxy groups -OCH3 is 1. The van der Waals surface area contributed by atoms with Crippen LogP contribution in [0.2, 0.25) is 0 Å². The van der Waals surface area contributed by atoms with Crippen molar-refractivity contribution in [3.8, 4) is 34.1 Å². The molecule has 74 heavy (non-hydrogen) atoms. The van der Waals surface area contributed by atoms with E-state index in [1.54, 1.807) is 53.5 Å². The standard InChI is InChI=1S/C30H31F3N2O4.C26H29F3INO4/c1-18(2)35(28(36)21-6-4-19(3)5-7-21)26-10-9-23(17-24(26)29(37)38)39-27-11-8-22(16-25(27)30(31,32)33)20-12-14-34-15-13-20;1-15(2)31(24(32)17-7-5-16(3)6-8-17)22-11-10-19(14-20(22)25(33)34-4)35-23-12-9-18(30)13-21(23)26(27,28)29/h8-19,21H,4-7H2,1-3H3,(H,37,38);9-17H,5-8H2,1-4H3. The van der Waals surface area contributed by atoms with Crippen LogP contribution in [0.15, 0.2) is 97.3 Å². The van der Waals surface area contributed by atoms with Gasteiger partial charge in [0.25, 0.3) is 0 Å². The second-order valence-electron chi connectivity index (χ2n) is 19.5. The van der Waals surface area contributed by atoms with E-state index in [4.69, 9.17) is 14.2 Å². The van der Waals surface area contributed by atoms with Crippen molar-refractivity contribution in [2.45, 2.75) is 117 Å². The third kappa shape index (κ3) is 14.1. The Morgan fingerprint density at radius 2 is 1.03 bits per heavy atom. The largest absolute Gasteiger partial charge is 0.478 e. The van der Waals surface area contributed by atoms with Crippen molar-refractivity contribution in [1.82, 2.24) is 4.98 Å². The number of esters is 1. The van der Waals surface area contributed by atoms with Crippen LogP contribution in [-0.4, -0.2) is 53.0 Å². The second kappa shape index (κ2) is 24.4. The highest BCUT2D eigenvalue weighted by Crippen LogP contribution is 2.43.